The van der Waals surface area contributed by atoms with Crippen molar-refractivity contribution in [2.75, 3.05) is 4.90 Å². The van der Waals surface area contributed by atoms with E-state index in [1.54, 1.807) is 0 Å². The second-order valence-electron chi connectivity index (χ2n) is 6.93. The summed E-state index contributed by atoms with van der Waals surface area (Å²) >= 11 is 0. The number of carbonyl (C=O) groups is 1. The summed E-state index contributed by atoms with van der Waals surface area (Å²) in [5, 5.41) is 0. The predicted molar refractivity (Wildman–Crippen MR) is 103 cm³/mol. The number of hydrogen-bond acceptors (Lipinski definition) is 2. The van der Waals surface area contributed by atoms with Crippen LogP contribution in [0.5, 0.6) is 0 Å². The summed E-state index contributed by atoms with van der Waals surface area (Å²) in [6.45, 7) is 2.57. The van der Waals surface area contributed by atoms with Gasteiger partial charge in [-0.1, -0.05) is 48.5 Å². The van der Waals surface area contributed by atoms with Crippen molar-refractivity contribution in [3.63, 3.8) is 0 Å². The number of aryl methyl sites for hydroxylation is 2. The first-order chi connectivity index (χ1) is 12.7. The number of H-pyrrole nitrogens is 1. The summed E-state index contributed by atoms with van der Waals surface area (Å²) in [6, 6.07) is 20.1. The highest BCUT2D eigenvalue weighted by atomic mass is 16.2. The van der Waals surface area contributed by atoms with Crippen LogP contribution in [0.1, 0.15) is 29.2 Å². The van der Waals surface area contributed by atoms with Crippen LogP contribution in [0.25, 0.3) is 0 Å². The van der Waals surface area contributed by atoms with Crippen LogP contribution in [-0.4, -0.2) is 15.9 Å². The molecule has 4 nitrogen and oxygen atoms in total. The Hall–Kier alpha value is -2.88. The third kappa shape index (κ3) is 3.40. The van der Waals surface area contributed by atoms with Crippen LogP contribution in [0.15, 0.2) is 60.7 Å². The first-order valence-electron chi connectivity index (χ1n) is 9.15. The van der Waals surface area contributed by atoms with Crippen molar-refractivity contribution in [1.82, 2.24) is 9.97 Å². The molecule has 132 valence electrons. The number of fused-ring (bicyclic) bond motifs is 1. The van der Waals surface area contributed by atoms with E-state index >= 15 is 0 Å². The number of carbonyl (C=O) groups excluding carboxylic acids is 1. The van der Waals surface area contributed by atoms with E-state index in [0.29, 0.717) is 6.54 Å². The molecule has 1 N–H and O–H groups in total. The Balaban J connectivity index is 1.60. The van der Waals surface area contributed by atoms with Gasteiger partial charge in [-0.05, 0) is 37.5 Å². The molecule has 1 unspecified atom stereocenters. The summed E-state index contributed by atoms with van der Waals surface area (Å²) < 4.78 is 0. The van der Waals surface area contributed by atoms with Gasteiger partial charge in [0.15, 0.2) is 0 Å². The average molecular weight is 345 g/mol. The van der Waals surface area contributed by atoms with Crippen LogP contribution in [0, 0.1) is 12.8 Å². The Morgan fingerprint density at radius 1 is 1.12 bits per heavy atom. The molecule has 0 bridgehead atoms. The van der Waals surface area contributed by atoms with Crippen LogP contribution in [0.2, 0.25) is 0 Å². The molecule has 26 heavy (non-hydrogen) atoms. The smallest absolute Gasteiger partial charge is 0.230 e. The fraction of sp³-hybridized carbons (Fsp3) is 0.273. The first-order valence-corrected chi connectivity index (χ1v) is 9.15. The molecule has 1 amide bonds. The Morgan fingerprint density at radius 3 is 2.54 bits per heavy atom. The molecule has 4 rings (SSSR count). The van der Waals surface area contributed by atoms with E-state index in [1.165, 1.54) is 0 Å². The van der Waals surface area contributed by atoms with Crippen molar-refractivity contribution in [1.29, 1.82) is 0 Å². The molecule has 1 aromatic heterocycles. The molecule has 0 saturated heterocycles. The molecule has 0 spiro atoms. The van der Waals surface area contributed by atoms with Crippen LogP contribution in [0.4, 0.5) is 5.69 Å². The number of hydrogen-bond donors (Lipinski definition) is 1. The van der Waals surface area contributed by atoms with Gasteiger partial charge in [0.2, 0.25) is 5.91 Å². The zero-order valence-electron chi connectivity index (χ0n) is 15.0. The number of aromatic amines is 1. The minimum atomic E-state index is -0.00808. The molecule has 3 aromatic rings. The highest BCUT2D eigenvalue weighted by Gasteiger charge is 2.30. The van der Waals surface area contributed by atoms with Crippen molar-refractivity contribution in [3.05, 3.63) is 83.4 Å². The van der Waals surface area contributed by atoms with E-state index < -0.39 is 0 Å². The second kappa shape index (κ2) is 7.16. The van der Waals surface area contributed by atoms with Crippen LogP contribution < -0.4 is 4.90 Å². The van der Waals surface area contributed by atoms with Gasteiger partial charge in [0.1, 0.15) is 5.82 Å². The Kier molecular flexibility index (Phi) is 4.57. The number of para-hydroxylation sites is 1. The number of rotatable bonds is 4. The molecule has 1 aliphatic carbocycles. The second-order valence-corrected chi connectivity index (χ2v) is 6.93. The third-order valence-corrected chi connectivity index (χ3v) is 5.03. The number of nitrogens with one attached hydrogen (secondary N) is 1. The summed E-state index contributed by atoms with van der Waals surface area (Å²) in [4.78, 5) is 23.2. The molecular weight excluding hydrogens is 322 g/mol. The number of nitrogens with zero attached hydrogens (tertiary/aromatic N) is 2. The molecule has 0 aliphatic heterocycles. The first kappa shape index (κ1) is 16.6. The van der Waals surface area contributed by atoms with Gasteiger partial charge in [-0.2, -0.15) is 0 Å². The predicted octanol–water partition coefficient (Wildman–Crippen LogP) is 4.06. The van der Waals surface area contributed by atoms with Gasteiger partial charge in [0.05, 0.1) is 12.2 Å². The zero-order chi connectivity index (χ0) is 17.9. The number of aromatic nitrogens is 2. The van der Waals surface area contributed by atoms with Crippen LogP contribution in [0.3, 0.4) is 0 Å². The molecule has 1 heterocycles. The van der Waals surface area contributed by atoms with Gasteiger partial charge in [0.25, 0.3) is 0 Å². The molecule has 2 aromatic carbocycles. The standard InChI is InChI=1S/C22H23N3O/c1-16-23-20-13-12-18(14-21(20)24-16)22(26)25(19-10-6-3-7-11-19)15-17-8-4-2-5-9-17/h2-11,18H,12-15H2,1H3,(H,23,24). The average Bonchev–Trinajstić information content (AvgIpc) is 3.06. The lowest BCUT2D eigenvalue weighted by molar-refractivity contribution is -0.122. The normalized spacial score (nSPS) is 16.1. The van der Waals surface area contributed by atoms with Gasteiger partial charge in [-0.3, -0.25) is 4.79 Å². The Labute approximate surface area is 153 Å². The van der Waals surface area contributed by atoms with Gasteiger partial charge in [-0.25, -0.2) is 4.98 Å². The molecule has 4 heteroatoms. The maximum atomic E-state index is 13.4. The van der Waals surface area contributed by atoms with Gasteiger partial charge >= 0.3 is 0 Å². The van der Waals surface area contributed by atoms with E-state index in [9.17, 15) is 4.79 Å². The van der Waals surface area contributed by atoms with Crippen molar-refractivity contribution < 1.29 is 4.79 Å². The monoisotopic (exact) mass is 345 g/mol. The lowest BCUT2D eigenvalue weighted by Crippen LogP contribution is -2.38. The maximum Gasteiger partial charge on any atom is 0.230 e. The number of amides is 1. The quantitative estimate of drug-likeness (QED) is 0.775. The molecule has 1 aliphatic rings. The highest BCUT2D eigenvalue weighted by molar-refractivity contribution is 5.95. The molecular formula is C22H23N3O. The number of anilines is 1. The minimum Gasteiger partial charge on any atom is -0.346 e. The molecule has 0 fully saturated rings. The van der Waals surface area contributed by atoms with Gasteiger partial charge in [0, 0.05) is 23.7 Å². The SMILES string of the molecule is Cc1nc2c([nH]1)CC(C(=O)N(Cc1ccccc1)c1ccccc1)CC2. The van der Waals surface area contributed by atoms with Crippen molar-refractivity contribution in [2.24, 2.45) is 5.92 Å². The maximum absolute atomic E-state index is 13.4. The summed E-state index contributed by atoms with van der Waals surface area (Å²) in [5.74, 6) is 1.12. The van der Waals surface area contributed by atoms with E-state index in [0.717, 1.165) is 47.7 Å². The molecule has 0 radical (unpaired) electrons. The topological polar surface area (TPSA) is 49.0 Å². The fourth-order valence-electron chi connectivity index (χ4n) is 3.72. The summed E-state index contributed by atoms with van der Waals surface area (Å²) in [7, 11) is 0. The van der Waals surface area contributed by atoms with E-state index in [1.807, 2.05) is 60.4 Å². The van der Waals surface area contributed by atoms with E-state index in [2.05, 4.69) is 22.1 Å². The summed E-state index contributed by atoms with van der Waals surface area (Å²) in [5.41, 5.74) is 4.34. The molecule has 0 saturated carbocycles. The minimum absolute atomic E-state index is 0.00808. The van der Waals surface area contributed by atoms with Crippen LogP contribution >= 0.6 is 0 Å². The number of benzene rings is 2. The molecule has 1 atom stereocenters. The highest BCUT2D eigenvalue weighted by Crippen LogP contribution is 2.28. The van der Waals surface area contributed by atoms with Crippen LogP contribution in [-0.2, 0) is 24.2 Å². The Morgan fingerprint density at radius 2 is 1.81 bits per heavy atom. The van der Waals surface area contributed by atoms with Gasteiger partial charge in [-0.15, -0.1) is 0 Å². The van der Waals surface area contributed by atoms with Gasteiger partial charge < -0.3 is 9.88 Å². The largest absolute Gasteiger partial charge is 0.346 e. The summed E-state index contributed by atoms with van der Waals surface area (Å²) in [6.07, 6.45) is 2.46. The number of imidazole rings is 1. The zero-order valence-corrected chi connectivity index (χ0v) is 15.0. The lowest BCUT2D eigenvalue weighted by atomic mass is 9.88. The van der Waals surface area contributed by atoms with Crippen molar-refractivity contribution in [3.8, 4) is 0 Å². The van der Waals surface area contributed by atoms with Crippen molar-refractivity contribution >= 4 is 11.6 Å². The third-order valence-electron chi connectivity index (χ3n) is 5.03. The Bertz CT molecular complexity index is 886. The fourth-order valence-corrected chi connectivity index (χ4v) is 3.72. The lowest BCUT2D eigenvalue weighted by Gasteiger charge is -2.29. The van der Waals surface area contributed by atoms with Crippen molar-refractivity contribution in [2.45, 2.75) is 32.7 Å². The van der Waals surface area contributed by atoms with E-state index in [-0.39, 0.29) is 11.8 Å². The van der Waals surface area contributed by atoms with E-state index in [4.69, 9.17) is 0 Å².